The first-order valence-corrected chi connectivity index (χ1v) is 9.58. The van der Waals surface area contributed by atoms with Crippen molar-refractivity contribution in [2.45, 2.75) is 6.92 Å². The zero-order valence-electron chi connectivity index (χ0n) is 17.3. The Bertz CT molecular complexity index is 1190. The lowest BCUT2D eigenvalue weighted by atomic mass is 10.1. The smallest absolute Gasteiger partial charge is 0.343 e. The number of esters is 1. The van der Waals surface area contributed by atoms with Crippen LogP contribution >= 0.6 is 0 Å². The molecule has 6 heteroatoms. The lowest BCUT2D eigenvalue weighted by Crippen LogP contribution is -2.09. The summed E-state index contributed by atoms with van der Waals surface area (Å²) < 4.78 is 21.7. The Kier molecular flexibility index (Phi) is 5.45. The van der Waals surface area contributed by atoms with Gasteiger partial charge in [0.15, 0.2) is 5.76 Å². The van der Waals surface area contributed by atoms with Gasteiger partial charge in [-0.1, -0.05) is 12.1 Å². The van der Waals surface area contributed by atoms with Crippen molar-refractivity contribution in [3.8, 4) is 23.0 Å². The third kappa shape index (κ3) is 4.00. The zero-order chi connectivity index (χ0) is 22.0. The zero-order valence-corrected chi connectivity index (χ0v) is 17.3. The monoisotopic (exact) mass is 416 g/mol. The molecule has 0 fully saturated rings. The van der Waals surface area contributed by atoms with Crippen LogP contribution in [0.1, 0.15) is 31.8 Å². The van der Waals surface area contributed by atoms with Crippen molar-refractivity contribution in [3.63, 3.8) is 0 Å². The van der Waals surface area contributed by atoms with E-state index in [1.165, 1.54) is 0 Å². The number of allylic oxidation sites excluding steroid dienone is 1. The molecule has 0 amide bonds. The molecule has 1 aliphatic rings. The molecule has 0 aromatic heterocycles. The van der Waals surface area contributed by atoms with E-state index in [9.17, 15) is 9.59 Å². The number of ketones is 1. The number of methoxy groups -OCH3 is 2. The Balaban J connectivity index is 1.58. The van der Waals surface area contributed by atoms with Gasteiger partial charge in [-0.2, -0.15) is 0 Å². The first-order chi connectivity index (χ1) is 15.0. The van der Waals surface area contributed by atoms with Crippen LogP contribution in [-0.2, 0) is 0 Å². The molecule has 0 aliphatic carbocycles. The van der Waals surface area contributed by atoms with Crippen molar-refractivity contribution in [2.24, 2.45) is 0 Å². The van der Waals surface area contributed by atoms with Crippen LogP contribution in [0, 0.1) is 6.92 Å². The topological polar surface area (TPSA) is 71.1 Å². The maximum atomic E-state index is 12.8. The number of Topliss-reactive ketones (excluding diaryl/α,β-unsaturated/α-hetero) is 1. The van der Waals surface area contributed by atoms with Gasteiger partial charge < -0.3 is 18.9 Å². The van der Waals surface area contributed by atoms with Gasteiger partial charge in [-0.3, -0.25) is 4.79 Å². The van der Waals surface area contributed by atoms with E-state index in [2.05, 4.69) is 0 Å². The molecule has 31 heavy (non-hydrogen) atoms. The second-order valence-corrected chi connectivity index (χ2v) is 6.90. The summed E-state index contributed by atoms with van der Waals surface area (Å²) in [5.41, 5.74) is 2.16. The number of carbonyl (C=O) groups is 2. The summed E-state index contributed by atoms with van der Waals surface area (Å²) in [4.78, 5) is 25.3. The van der Waals surface area contributed by atoms with Crippen molar-refractivity contribution >= 4 is 17.8 Å². The van der Waals surface area contributed by atoms with Crippen LogP contribution in [0.4, 0.5) is 0 Å². The van der Waals surface area contributed by atoms with E-state index in [0.717, 1.165) is 5.56 Å². The number of carbonyl (C=O) groups excluding carboxylic acids is 2. The van der Waals surface area contributed by atoms with Crippen molar-refractivity contribution < 1.29 is 28.5 Å². The van der Waals surface area contributed by atoms with Crippen molar-refractivity contribution in [2.75, 3.05) is 14.2 Å². The van der Waals surface area contributed by atoms with Gasteiger partial charge in [0.05, 0.1) is 25.3 Å². The first kappa shape index (κ1) is 20.2. The summed E-state index contributed by atoms with van der Waals surface area (Å²) in [7, 11) is 3.14. The van der Waals surface area contributed by atoms with E-state index < -0.39 is 5.97 Å². The molecule has 1 aliphatic heterocycles. The van der Waals surface area contributed by atoms with E-state index in [0.29, 0.717) is 39.7 Å². The van der Waals surface area contributed by atoms with E-state index in [-0.39, 0.29) is 11.5 Å². The molecular formula is C25H20O6. The van der Waals surface area contributed by atoms with Crippen molar-refractivity contribution in [3.05, 3.63) is 88.7 Å². The molecule has 0 radical (unpaired) electrons. The number of fused-ring (bicyclic) bond motifs is 1. The molecule has 0 saturated carbocycles. The molecule has 0 atom stereocenters. The van der Waals surface area contributed by atoms with Crippen LogP contribution in [0.2, 0.25) is 0 Å². The number of benzene rings is 3. The summed E-state index contributed by atoms with van der Waals surface area (Å²) in [6.07, 6.45) is 1.66. The highest BCUT2D eigenvalue weighted by Crippen LogP contribution is 2.39. The van der Waals surface area contributed by atoms with Gasteiger partial charge in [0.25, 0.3) is 0 Å². The molecule has 3 aromatic carbocycles. The third-order valence-corrected chi connectivity index (χ3v) is 4.96. The van der Waals surface area contributed by atoms with Crippen LogP contribution in [0.5, 0.6) is 23.0 Å². The highest BCUT2D eigenvalue weighted by molar-refractivity contribution is 6.15. The average molecular weight is 416 g/mol. The lowest BCUT2D eigenvalue weighted by Gasteiger charge is -2.10. The van der Waals surface area contributed by atoms with Crippen LogP contribution < -0.4 is 18.9 Å². The summed E-state index contributed by atoms with van der Waals surface area (Å²) in [6.45, 7) is 1.75. The van der Waals surface area contributed by atoms with E-state index in [1.54, 1.807) is 63.6 Å². The highest BCUT2D eigenvalue weighted by Gasteiger charge is 2.30. The van der Waals surface area contributed by atoms with Gasteiger partial charge in [-0.05, 0) is 67.1 Å². The van der Waals surface area contributed by atoms with Crippen LogP contribution in [0.15, 0.2) is 66.4 Å². The quantitative estimate of drug-likeness (QED) is 0.336. The Labute approximate surface area is 179 Å². The van der Waals surface area contributed by atoms with Gasteiger partial charge in [0.2, 0.25) is 5.78 Å². The normalized spacial score (nSPS) is 13.5. The summed E-state index contributed by atoms with van der Waals surface area (Å²) >= 11 is 0. The van der Waals surface area contributed by atoms with Gasteiger partial charge >= 0.3 is 5.97 Å². The fraction of sp³-hybridized carbons (Fsp3) is 0.120. The molecule has 3 aromatic rings. The SMILES string of the molecule is COc1ccc(C(=O)Oc2ccc3c(c2C)O/C(=C\c2cccc(OC)c2)C3=O)cc1. The lowest BCUT2D eigenvalue weighted by molar-refractivity contribution is 0.0733. The van der Waals surface area contributed by atoms with E-state index in [1.807, 2.05) is 24.3 Å². The summed E-state index contributed by atoms with van der Waals surface area (Å²) in [6, 6.07) is 17.1. The van der Waals surface area contributed by atoms with Crippen molar-refractivity contribution in [1.29, 1.82) is 0 Å². The van der Waals surface area contributed by atoms with Crippen molar-refractivity contribution in [1.82, 2.24) is 0 Å². The van der Waals surface area contributed by atoms with Crippen LogP contribution in [0.25, 0.3) is 6.08 Å². The Morgan fingerprint density at radius 2 is 1.68 bits per heavy atom. The summed E-state index contributed by atoms with van der Waals surface area (Å²) in [5.74, 6) is 1.50. The third-order valence-electron chi connectivity index (χ3n) is 4.96. The van der Waals surface area contributed by atoms with Gasteiger partial charge in [-0.25, -0.2) is 4.79 Å². The number of rotatable bonds is 5. The number of hydrogen-bond donors (Lipinski definition) is 0. The van der Waals surface area contributed by atoms with Gasteiger partial charge in [0, 0.05) is 5.56 Å². The Morgan fingerprint density at radius 3 is 2.39 bits per heavy atom. The standard InChI is InChI=1S/C25H20O6/c1-15-21(31-25(27)17-7-9-18(28-2)10-8-17)12-11-20-23(26)22(30-24(15)20)14-16-5-4-6-19(13-16)29-3/h4-14H,1-3H3/b22-14-. The molecule has 0 saturated heterocycles. The predicted octanol–water partition coefficient (Wildman–Crippen LogP) is 4.85. The Hall–Kier alpha value is -4.06. The van der Waals surface area contributed by atoms with Gasteiger partial charge in [0.1, 0.15) is 23.0 Å². The first-order valence-electron chi connectivity index (χ1n) is 9.58. The minimum atomic E-state index is -0.512. The molecule has 0 spiro atoms. The molecule has 4 rings (SSSR count). The number of ether oxygens (including phenoxy) is 4. The second-order valence-electron chi connectivity index (χ2n) is 6.90. The van der Waals surface area contributed by atoms with Gasteiger partial charge in [-0.15, -0.1) is 0 Å². The predicted molar refractivity (Wildman–Crippen MR) is 115 cm³/mol. The van der Waals surface area contributed by atoms with Crippen LogP contribution in [-0.4, -0.2) is 26.0 Å². The van der Waals surface area contributed by atoms with Crippen LogP contribution in [0.3, 0.4) is 0 Å². The fourth-order valence-electron chi connectivity index (χ4n) is 3.25. The largest absolute Gasteiger partial charge is 0.497 e. The number of hydrogen-bond acceptors (Lipinski definition) is 6. The molecule has 0 unspecified atom stereocenters. The molecule has 1 heterocycles. The molecule has 0 N–H and O–H groups in total. The van der Waals surface area contributed by atoms with E-state index in [4.69, 9.17) is 18.9 Å². The maximum absolute atomic E-state index is 12.8. The minimum Gasteiger partial charge on any atom is -0.497 e. The average Bonchev–Trinajstić information content (AvgIpc) is 3.11. The molecule has 6 nitrogen and oxygen atoms in total. The minimum absolute atomic E-state index is 0.199. The molecule has 156 valence electrons. The highest BCUT2D eigenvalue weighted by atomic mass is 16.5. The second kappa shape index (κ2) is 8.36. The molecule has 0 bridgehead atoms. The maximum Gasteiger partial charge on any atom is 0.343 e. The molecular weight excluding hydrogens is 396 g/mol. The van der Waals surface area contributed by atoms with E-state index >= 15 is 0 Å². The fourth-order valence-corrected chi connectivity index (χ4v) is 3.25. The summed E-state index contributed by atoms with van der Waals surface area (Å²) in [5, 5.41) is 0. The Morgan fingerprint density at radius 1 is 0.935 bits per heavy atom.